The SMILES string of the molecule is Cc1ccc(NS(=O)(=O)c2c[nH]c3ccc([N+](=O)[O-])cc23)c(C)c1. The van der Waals surface area contributed by atoms with Gasteiger partial charge in [-0.25, -0.2) is 8.42 Å². The fourth-order valence-electron chi connectivity index (χ4n) is 2.55. The lowest BCUT2D eigenvalue weighted by molar-refractivity contribution is -0.384. The molecule has 0 unspecified atom stereocenters. The van der Waals surface area contributed by atoms with E-state index in [4.69, 9.17) is 0 Å². The standard InChI is InChI=1S/C16H15N3O4S/c1-10-3-5-14(11(2)7-10)18-24(22,23)16-9-17-15-6-4-12(19(20)21)8-13(15)16/h3-9,17-18H,1-2H3. The second kappa shape index (κ2) is 5.64. The lowest BCUT2D eigenvalue weighted by atomic mass is 10.1. The summed E-state index contributed by atoms with van der Waals surface area (Å²) < 4.78 is 27.9. The molecule has 0 spiro atoms. The number of anilines is 1. The van der Waals surface area contributed by atoms with Gasteiger partial charge >= 0.3 is 0 Å². The summed E-state index contributed by atoms with van der Waals surface area (Å²) in [6, 6.07) is 9.45. The number of hydrogen-bond donors (Lipinski definition) is 2. The predicted molar refractivity (Wildman–Crippen MR) is 91.7 cm³/mol. The van der Waals surface area contributed by atoms with Gasteiger partial charge in [0.05, 0.1) is 10.6 Å². The number of hydrogen-bond acceptors (Lipinski definition) is 4. The number of aromatic amines is 1. The minimum absolute atomic E-state index is 0.0267. The van der Waals surface area contributed by atoms with Gasteiger partial charge in [-0.3, -0.25) is 14.8 Å². The summed E-state index contributed by atoms with van der Waals surface area (Å²) in [5.41, 5.74) is 2.65. The number of nitro benzene ring substituents is 1. The number of benzene rings is 2. The molecule has 2 N–H and O–H groups in total. The number of fused-ring (bicyclic) bond motifs is 1. The largest absolute Gasteiger partial charge is 0.360 e. The third-order valence-corrected chi connectivity index (χ3v) is 5.16. The fourth-order valence-corrected chi connectivity index (χ4v) is 3.85. The van der Waals surface area contributed by atoms with Crippen molar-refractivity contribution >= 4 is 32.3 Å². The fraction of sp³-hybridized carbons (Fsp3) is 0.125. The quantitative estimate of drug-likeness (QED) is 0.557. The Morgan fingerprint density at radius 2 is 1.88 bits per heavy atom. The smallest absolute Gasteiger partial charge is 0.270 e. The highest BCUT2D eigenvalue weighted by Crippen LogP contribution is 2.29. The molecule has 0 aliphatic heterocycles. The molecule has 7 nitrogen and oxygen atoms in total. The average molecular weight is 345 g/mol. The van der Waals surface area contributed by atoms with E-state index in [9.17, 15) is 18.5 Å². The van der Waals surface area contributed by atoms with E-state index in [1.54, 1.807) is 6.07 Å². The number of aryl methyl sites for hydroxylation is 2. The van der Waals surface area contributed by atoms with Crippen LogP contribution in [0.5, 0.6) is 0 Å². The van der Waals surface area contributed by atoms with Crippen molar-refractivity contribution in [1.82, 2.24) is 4.98 Å². The van der Waals surface area contributed by atoms with E-state index >= 15 is 0 Å². The van der Waals surface area contributed by atoms with E-state index in [0.717, 1.165) is 11.1 Å². The van der Waals surface area contributed by atoms with Gasteiger partial charge in [0, 0.05) is 29.2 Å². The second-order valence-electron chi connectivity index (χ2n) is 5.56. The Bertz CT molecular complexity index is 1050. The molecule has 1 heterocycles. The van der Waals surface area contributed by atoms with Gasteiger partial charge in [0.1, 0.15) is 4.90 Å². The van der Waals surface area contributed by atoms with Crippen LogP contribution in [0.15, 0.2) is 47.5 Å². The highest BCUT2D eigenvalue weighted by molar-refractivity contribution is 7.93. The number of non-ortho nitro benzene ring substituents is 1. The Labute approximate surface area is 138 Å². The van der Waals surface area contributed by atoms with Crippen LogP contribution in [0.25, 0.3) is 10.9 Å². The Morgan fingerprint density at radius 3 is 2.54 bits per heavy atom. The van der Waals surface area contributed by atoms with Crippen LogP contribution in [0.4, 0.5) is 11.4 Å². The molecule has 2 aromatic carbocycles. The molecule has 0 bridgehead atoms. The minimum atomic E-state index is -3.88. The van der Waals surface area contributed by atoms with Crippen molar-refractivity contribution in [3.05, 3.63) is 63.8 Å². The molecule has 0 saturated carbocycles. The van der Waals surface area contributed by atoms with Crippen LogP contribution >= 0.6 is 0 Å². The Kier molecular flexibility index (Phi) is 3.76. The van der Waals surface area contributed by atoms with Gasteiger partial charge < -0.3 is 4.98 Å². The molecule has 124 valence electrons. The topological polar surface area (TPSA) is 105 Å². The summed E-state index contributed by atoms with van der Waals surface area (Å²) in [5, 5.41) is 11.2. The van der Waals surface area contributed by atoms with Gasteiger partial charge in [0.2, 0.25) is 0 Å². The molecular weight excluding hydrogens is 330 g/mol. The number of nitrogens with one attached hydrogen (secondary N) is 2. The number of H-pyrrole nitrogens is 1. The zero-order chi connectivity index (χ0) is 17.5. The van der Waals surface area contributed by atoms with Crippen molar-refractivity contribution in [2.45, 2.75) is 18.7 Å². The van der Waals surface area contributed by atoms with Crippen LogP contribution in [0.2, 0.25) is 0 Å². The van der Waals surface area contributed by atoms with Gasteiger partial charge in [0.15, 0.2) is 0 Å². The summed E-state index contributed by atoms with van der Waals surface area (Å²) in [7, 11) is -3.88. The van der Waals surface area contributed by atoms with Crippen molar-refractivity contribution in [1.29, 1.82) is 0 Å². The summed E-state index contributed by atoms with van der Waals surface area (Å²) in [6.45, 7) is 3.73. The van der Waals surface area contributed by atoms with Crippen LogP contribution in [0.1, 0.15) is 11.1 Å². The number of rotatable bonds is 4. The lowest BCUT2D eigenvalue weighted by Gasteiger charge is -2.10. The van der Waals surface area contributed by atoms with Gasteiger partial charge in [-0.2, -0.15) is 0 Å². The molecule has 3 aromatic rings. The first kappa shape index (κ1) is 16.0. The Hall–Kier alpha value is -2.87. The number of nitrogens with zero attached hydrogens (tertiary/aromatic N) is 1. The molecule has 0 atom stereocenters. The van der Waals surface area contributed by atoms with E-state index in [1.807, 2.05) is 26.0 Å². The minimum Gasteiger partial charge on any atom is -0.360 e. The van der Waals surface area contributed by atoms with E-state index in [1.165, 1.54) is 24.4 Å². The van der Waals surface area contributed by atoms with Crippen molar-refractivity contribution in [2.24, 2.45) is 0 Å². The molecule has 0 amide bonds. The van der Waals surface area contributed by atoms with Gasteiger partial charge in [-0.1, -0.05) is 17.7 Å². The monoisotopic (exact) mass is 345 g/mol. The summed E-state index contributed by atoms with van der Waals surface area (Å²) in [5.74, 6) is 0. The van der Waals surface area contributed by atoms with E-state index in [-0.39, 0.29) is 16.0 Å². The maximum absolute atomic E-state index is 12.7. The highest BCUT2D eigenvalue weighted by atomic mass is 32.2. The zero-order valence-corrected chi connectivity index (χ0v) is 13.8. The lowest BCUT2D eigenvalue weighted by Crippen LogP contribution is -2.13. The van der Waals surface area contributed by atoms with E-state index < -0.39 is 14.9 Å². The van der Waals surface area contributed by atoms with E-state index in [2.05, 4.69) is 9.71 Å². The first-order valence-corrected chi connectivity index (χ1v) is 8.62. The molecule has 24 heavy (non-hydrogen) atoms. The van der Waals surface area contributed by atoms with Crippen molar-refractivity contribution in [3.63, 3.8) is 0 Å². The third kappa shape index (κ3) is 2.83. The average Bonchev–Trinajstić information content (AvgIpc) is 2.94. The third-order valence-electron chi connectivity index (χ3n) is 3.75. The molecule has 0 saturated heterocycles. The molecular formula is C16H15N3O4S. The van der Waals surface area contributed by atoms with Crippen LogP contribution in [-0.4, -0.2) is 18.3 Å². The van der Waals surface area contributed by atoms with Crippen LogP contribution in [0.3, 0.4) is 0 Å². The van der Waals surface area contributed by atoms with Gasteiger partial charge in [0.25, 0.3) is 15.7 Å². The van der Waals surface area contributed by atoms with Crippen molar-refractivity contribution in [2.75, 3.05) is 4.72 Å². The highest BCUT2D eigenvalue weighted by Gasteiger charge is 2.21. The van der Waals surface area contributed by atoms with Gasteiger partial charge in [-0.05, 0) is 31.5 Å². The van der Waals surface area contributed by atoms with Crippen molar-refractivity contribution in [3.8, 4) is 0 Å². The first-order valence-electron chi connectivity index (χ1n) is 7.13. The Balaban J connectivity index is 2.08. The molecule has 0 radical (unpaired) electrons. The van der Waals surface area contributed by atoms with Crippen LogP contribution in [0, 0.1) is 24.0 Å². The Morgan fingerprint density at radius 1 is 1.12 bits per heavy atom. The van der Waals surface area contributed by atoms with Crippen molar-refractivity contribution < 1.29 is 13.3 Å². The molecule has 8 heteroatoms. The number of aromatic nitrogens is 1. The molecule has 0 fully saturated rings. The zero-order valence-electron chi connectivity index (χ0n) is 13.0. The number of sulfonamides is 1. The maximum Gasteiger partial charge on any atom is 0.270 e. The maximum atomic E-state index is 12.7. The van der Waals surface area contributed by atoms with Crippen LogP contribution in [-0.2, 0) is 10.0 Å². The van der Waals surface area contributed by atoms with Crippen LogP contribution < -0.4 is 4.72 Å². The van der Waals surface area contributed by atoms with E-state index in [0.29, 0.717) is 11.2 Å². The molecule has 0 aliphatic carbocycles. The molecule has 3 rings (SSSR count). The summed E-state index contributed by atoms with van der Waals surface area (Å²) in [6.07, 6.45) is 1.33. The predicted octanol–water partition coefficient (Wildman–Crippen LogP) is 3.49. The normalized spacial score (nSPS) is 11.6. The second-order valence-corrected chi connectivity index (χ2v) is 7.21. The summed E-state index contributed by atoms with van der Waals surface area (Å²) in [4.78, 5) is 13.2. The molecule has 0 aliphatic rings. The number of nitro groups is 1. The first-order chi connectivity index (χ1) is 11.3. The summed E-state index contributed by atoms with van der Waals surface area (Å²) >= 11 is 0. The van der Waals surface area contributed by atoms with Gasteiger partial charge in [-0.15, -0.1) is 0 Å². The molecule has 1 aromatic heterocycles.